The van der Waals surface area contributed by atoms with Crippen LogP contribution in [0.15, 0.2) is 102 Å². The maximum absolute atomic E-state index is 5.43. The van der Waals surface area contributed by atoms with Gasteiger partial charge in [-0.25, -0.2) is 0 Å². The minimum atomic E-state index is 0.877. The minimum Gasteiger partial charge on any atom is -0.252 e. The highest BCUT2D eigenvalue weighted by Crippen LogP contribution is 2.44. The lowest BCUT2D eigenvalue weighted by Crippen LogP contribution is -1.99. The van der Waals surface area contributed by atoms with E-state index in [4.69, 9.17) is 4.99 Å². The van der Waals surface area contributed by atoms with Crippen molar-refractivity contribution < 1.29 is 0 Å². The highest BCUT2D eigenvalue weighted by Gasteiger charge is 2.25. The Morgan fingerprint density at radius 3 is 1.97 bits per heavy atom. The molecular weight excluding hydrogens is 398 g/mol. The van der Waals surface area contributed by atoms with E-state index in [1.54, 1.807) is 0 Å². The third-order valence-electron chi connectivity index (χ3n) is 7.34. The highest BCUT2D eigenvalue weighted by atomic mass is 14.8. The van der Waals surface area contributed by atoms with Crippen LogP contribution in [-0.2, 0) is 6.42 Å². The summed E-state index contributed by atoms with van der Waals surface area (Å²) >= 11 is 0. The summed E-state index contributed by atoms with van der Waals surface area (Å²) in [5, 5.41) is 10.4. The SMILES string of the molecule is C1=C(N=C2Cc3cccc4cc5ccccc5c2c34)c2c3ccccc3cc3cccc1c23. The lowest BCUT2D eigenvalue weighted by Gasteiger charge is -2.11. The topological polar surface area (TPSA) is 12.4 Å². The minimum absolute atomic E-state index is 0.877. The number of hydrogen-bond acceptors (Lipinski definition) is 1. The molecule has 0 bridgehead atoms. The Kier molecular flexibility index (Phi) is 3.24. The molecule has 0 fully saturated rings. The van der Waals surface area contributed by atoms with Crippen molar-refractivity contribution in [2.45, 2.75) is 6.42 Å². The Bertz CT molecular complexity index is 1880. The molecule has 1 heteroatoms. The standard InChI is InChI=1S/C32H19N/c1-3-13-25-19(7-1)15-21-9-5-11-23-17-27(31(25)29(21)23)33-28-18-24-12-6-10-22-16-20-8-2-4-14-26(20)32(28)30(22)24/h1-17H,18H2. The van der Waals surface area contributed by atoms with Gasteiger partial charge in [0.05, 0.1) is 11.4 Å². The van der Waals surface area contributed by atoms with E-state index in [2.05, 4.69) is 103 Å². The van der Waals surface area contributed by atoms with Crippen LogP contribution in [0.1, 0.15) is 22.3 Å². The first-order valence-corrected chi connectivity index (χ1v) is 11.5. The molecule has 8 rings (SSSR count). The first kappa shape index (κ1) is 17.3. The summed E-state index contributed by atoms with van der Waals surface area (Å²) < 4.78 is 0. The Morgan fingerprint density at radius 1 is 0.545 bits per heavy atom. The molecule has 0 aliphatic heterocycles. The molecule has 6 aromatic carbocycles. The van der Waals surface area contributed by atoms with Gasteiger partial charge in [0, 0.05) is 17.5 Å². The fourth-order valence-electron chi connectivity index (χ4n) is 6.00. The molecule has 2 aliphatic rings. The summed E-state index contributed by atoms with van der Waals surface area (Å²) in [6.07, 6.45) is 3.16. The lowest BCUT2D eigenvalue weighted by molar-refractivity contribution is 1.39. The van der Waals surface area contributed by atoms with E-state index in [0.29, 0.717) is 0 Å². The van der Waals surface area contributed by atoms with Crippen LogP contribution in [0.25, 0.3) is 54.9 Å². The zero-order chi connectivity index (χ0) is 21.5. The van der Waals surface area contributed by atoms with Gasteiger partial charge in [0.15, 0.2) is 0 Å². The van der Waals surface area contributed by atoms with Gasteiger partial charge in [0.1, 0.15) is 0 Å². The van der Waals surface area contributed by atoms with Crippen LogP contribution < -0.4 is 0 Å². The second-order valence-electron chi connectivity index (χ2n) is 9.17. The summed E-state index contributed by atoms with van der Waals surface area (Å²) in [7, 11) is 0. The van der Waals surface area contributed by atoms with Crippen molar-refractivity contribution >= 4 is 60.6 Å². The van der Waals surface area contributed by atoms with Crippen LogP contribution in [0, 0.1) is 0 Å². The van der Waals surface area contributed by atoms with E-state index in [1.807, 2.05) is 0 Å². The monoisotopic (exact) mass is 417 g/mol. The highest BCUT2D eigenvalue weighted by molar-refractivity contribution is 6.28. The summed E-state index contributed by atoms with van der Waals surface area (Å²) in [6.45, 7) is 0. The quantitative estimate of drug-likeness (QED) is 0.239. The van der Waals surface area contributed by atoms with Gasteiger partial charge in [-0.3, -0.25) is 4.99 Å². The maximum Gasteiger partial charge on any atom is 0.0724 e. The molecule has 1 nitrogen and oxygen atoms in total. The summed E-state index contributed by atoms with van der Waals surface area (Å²) in [6, 6.07) is 35.3. The molecule has 152 valence electrons. The van der Waals surface area contributed by atoms with Crippen molar-refractivity contribution in [3.05, 3.63) is 119 Å². The average Bonchev–Trinajstić information content (AvgIpc) is 3.40. The van der Waals surface area contributed by atoms with Gasteiger partial charge in [0.25, 0.3) is 0 Å². The van der Waals surface area contributed by atoms with Crippen LogP contribution >= 0.6 is 0 Å². The normalized spacial score (nSPS) is 15.4. The average molecular weight is 418 g/mol. The fraction of sp³-hybridized carbons (Fsp3) is 0.0312. The van der Waals surface area contributed by atoms with Gasteiger partial charge >= 0.3 is 0 Å². The smallest absolute Gasteiger partial charge is 0.0724 e. The van der Waals surface area contributed by atoms with Crippen LogP contribution in [0.3, 0.4) is 0 Å². The number of nitrogens with zero attached hydrogens (tertiary/aromatic N) is 1. The van der Waals surface area contributed by atoms with Crippen LogP contribution in [-0.4, -0.2) is 5.71 Å². The van der Waals surface area contributed by atoms with Crippen molar-refractivity contribution in [1.29, 1.82) is 0 Å². The van der Waals surface area contributed by atoms with E-state index in [-0.39, 0.29) is 0 Å². The molecule has 0 spiro atoms. The largest absolute Gasteiger partial charge is 0.252 e. The Morgan fingerprint density at radius 2 is 1.18 bits per heavy atom. The molecule has 33 heavy (non-hydrogen) atoms. The molecule has 2 aliphatic carbocycles. The molecular formula is C32H19N. The Balaban J connectivity index is 1.45. The molecule has 0 amide bonds. The predicted molar refractivity (Wildman–Crippen MR) is 141 cm³/mol. The zero-order valence-corrected chi connectivity index (χ0v) is 18.0. The van der Waals surface area contributed by atoms with Crippen LogP contribution in [0.4, 0.5) is 0 Å². The lowest BCUT2D eigenvalue weighted by atomic mass is 9.96. The van der Waals surface area contributed by atoms with Gasteiger partial charge in [-0.1, -0.05) is 84.9 Å². The van der Waals surface area contributed by atoms with E-state index in [1.165, 1.54) is 71.1 Å². The third kappa shape index (κ3) is 2.29. The van der Waals surface area contributed by atoms with Crippen LogP contribution in [0.5, 0.6) is 0 Å². The number of fused-ring (bicyclic) bond motifs is 4. The van der Waals surface area contributed by atoms with Gasteiger partial charge in [-0.2, -0.15) is 0 Å². The number of hydrogen-bond donors (Lipinski definition) is 0. The maximum atomic E-state index is 5.43. The molecule has 0 saturated heterocycles. The fourth-order valence-corrected chi connectivity index (χ4v) is 6.00. The van der Waals surface area contributed by atoms with E-state index in [0.717, 1.165) is 12.1 Å². The van der Waals surface area contributed by atoms with Crippen molar-refractivity contribution in [1.82, 2.24) is 0 Å². The van der Waals surface area contributed by atoms with Crippen molar-refractivity contribution in [2.75, 3.05) is 0 Å². The Labute approximate surface area is 191 Å². The molecule has 0 radical (unpaired) electrons. The molecule has 0 heterocycles. The van der Waals surface area contributed by atoms with E-state index >= 15 is 0 Å². The summed E-state index contributed by atoms with van der Waals surface area (Å²) in [5.74, 6) is 0. The third-order valence-corrected chi connectivity index (χ3v) is 7.34. The predicted octanol–water partition coefficient (Wildman–Crippen LogP) is 8.16. The molecule has 0 saturated carbocycles. The van der Waals surface area contributed by atoms with E-state index < -0.39 is 0 Å². The molecule has 0 unspecified atom stereocenters. The van der Waals surface area contributed by atoms with E-state index in [9.17, 15) is 0 Å². The number of aliphatic imine (C=N–C) groups is 1. The summed E-state index contributed by atoms with van der Waals surface area (Å²) in [4.78, 5) is 5.43. The summed E-state index contributed by atoms with van der Waals surface area (Å²) in [5.41, 5.74) is 7.50. The van der Waals surface area contributed by atoms with Crippen molar-refractivity contribution in [2.24, 2.45) is 4.99 Å². The number of benzene rings is 6. The first-order valence-electron chi connectivity index (χ1n) is 11.5. The van der Waals surface area contributed by atoms with Crippen molar-refractivity contribution in [3.63, 3.8) is 0 Å². The van der Waals surface area contributed by atoms with Crippen LogP contribution in [0.2, 0.25) is 0 Å². The molecule has 0 N–H and O–H groups in total. The van der Waals surface area contributed by atoms with Gasteiger partial charge in [0.2, 0.25) is 0 Å². The first-order chi connectivity index (χ1) is 16.3. The van der Waals surface area contributed by atoms with Gasteiger partial charge in [-0.05, 0) is 72.4 Å². The Hall–Kier alpha value is -4.23. The molecule has 6 aromatic rings. The number of rotatable bonds is 1. The second kappa shape index (κ2) is 6.17. The molecule has 0 aromatic heterocycles. The van der Waals surface area contributed by atoms with Gasteiger partial charge in [-0.15, -0.1) is 0 Å². The van der Waals surface area contributed by atoms with Gasteiger partial charge < -0.3 is 0 Å². The van der Waals surface area contributed by atoms with Crippen molar-refractivity contribution in [3.8, 4) is 0 Å². The zero-order valence-electron chi connectivity index (χ0n) is 18.0. The second-order valence-corrected chi connectivity index (χ2v) is 9.17. The molecule has 0 atom stereocenters.